The van der Waals surface area contributed by atoms with Gasteiger partial charge in [-0.15, -0.1) is 5.10 Å². The van der Waals surface area contributed by atoms with Crippen LogP contribution in [0.1, 0.15) is 37.8 Å². The number of amides is 1. The standard InChI is InChI=1S/C14H23N5O/c15-7-13-9-19(17-16-13)10-14(20)18-6-5-11-3-1-2-4-12(11)8-18/h9,11-12H,1-8,10,15H2. The van der Waals surface area contributed by atoms with E-state index in [4.69, 9.17) is 5.73 Å². The summed E-state index contributed by atoms with van der Waals surface area (Å²) >= 11 is 0. The van der Waals surface area contributed by atoms with Crippen molar-refractivity contribution in [3.05, 3.63) is 11.9 Å². The van der Waals surface area contributed by atoms with Gasteiger partial charge in [0.25, 0.3) is 0 Å². The third kappa shape index (κ3) is 2.85. The van der Waals surface area contributed by atoms with E-state index in [1.54, 1.807) is 10.9 Å². The Kier molecular flexibility index (Phi) is 4.00. The number of aromatic nitrogens is 3. The van der Waals surface area contributed by atoms with E-state index in [-0.39, 0.29) is 12.5 Å². The van der Waals surface area contributed by atoms with E-state index in [9.17, 15) is 4.79 Å². The Labute approximate surface area is 119 Å². The van der Waals surface area contributed by atoms with Gasteiger partial charge in [-0.25, -0.2) is 4.68 Å². The number of rotatable bonds is 3. The van der Waals surface area contributed by atoms with Gasteiger partial charge >= 0.3 is 0 Å². The number of hydrogen-bond acceptors (Lipinski definition) is 4. The zero-order valence-electron chi connectivity index (χ0n) is 11.9. The van der Waals surface area contributed by atoms with Crippen LogP contribution in [0.3, 0.4) is 0 Å². The normalized spacial score (nSPS) is 26.4. The first-order chi connectivity index (χ1) is 9.76. The molecule has 2 fully saturated rings. The molecular weight excluding hydrogens is 254 g/mol. The summed E-state index contributed by atoms with van der Waals surface area (Å²) in [4.78, 5) is 14.4. The largest absolute Gasteiger partial charge is 0.341 e. The number of hydrogen-bond donors (Lipinski definition) is 1. The van der Waals surface area contributed by atoms with Crippen molar-refractivity contribution in [1.29, 1.82) is 0 Å². The van der Waals surface area contributed by atoms with E-state index < -0.39 is 0 Å². The number of nitrogens with zero attached hydrogens (tertiary/aromatic N) is 4. The average molecular weight is 277 g/mol. The SMILES string of the molecule is NCc1cn(CC(=O)N2CCC3CCCCC3C2)nn1. The molecule has 6 heteroatoms. The van der Waals surface area contributed by atoms with Gasteiger partial charge in [-0.1, -0.05) is 24.5 Å². The van der Waals surface area contributed by atoms with Crippen LogP contribution in [0.25, 0.3) is 0 Å². The van der Waals surface area contributed by atoms with E-state index in [2.05, 4.69) is 10.3 Å². The molecule has 3 rings (SSSR count). The summed E-state index contributed by atoms with van der Waals surface area (Å²) in [5.74, 6) is 1.72. The van der Waals surface area contributed by atoms with Gasteiger partial charge < -0.3 is 10.6 Å². The Morgan fingerprint density at radius 2 is 2.10 bits per heavy atom. The highest BCUT2D eigenvalue weighted by molar-refractivity contribution is 5.76. The second kappa shape index (κ2) is 5.91. The van der Waals surface area contributed by atoms with Crippen molar-refractivity contribution in [3.8, 4) is 0 Å². The molecule has 110 valence electrons. The van der Waals surface area contributed by atoms with Crippen molar-refractivity contribution in [1.82, 2.24) is 19.9 Å². The first kappa shape index (κ1) is 13.5. The smallest absolute Gasteiger partial charge is 0.244 e. The fourth-order valence-electron chi connectivity index (χ4n) is 3.58. The molecule has 1 aliphatic heterocycles. The summed E-state index contributed by atoms with van der Waals surface area (Å²) in [6, 6.07) is 0. The molecule has 0 spiro atoms. The second-order valence-electron chi connectivity index (χ2n) is 6.04. The minimum Gasteiger partial charge on any atom is -0.341 e. The molecule has 2 N–H and O–H groups in total. The molecule has 6 nitrogen and oxygen atoms in total. The van der Waals surface area contributed by atoms with Gasteiger partial charge in [-0.2, -0.15) is 0 Å². The van der Waals surface area contributed by atoms with E-state index in [1.165, 1.54) is 32.1 Å². The maximum absolute atomic E-state index is 12.3. The van der Waals surface area contributed by atoms with E-state index in [0.717, 1.165) is 30.6 Å². The predicted octanol–water partition coefficient (Wildman–Crippen LogP) is 0.775. The molecule has 2 aliphatic rings. The highest BCUT2D eigenvalue weighted by atomic mass is 16.2. The van der Waals surface area contributed by atoms with E-state index in [1.807, 2.05) is 4.90 Å². The first-order valence-electron chi connectivity index (χ1n) is 7.63. The fraction of sp³-hybridized carbons (Fsp3) is 0.786. The molecule has 1 aliphatic carbocycles. The van der Waals surface area contributed by atoms with Gasteiger partial charge in [-0.3, -0.25) is 4.79 Å². The zero-order valence-corrected chi connectivity index (χ0v) is 11.9. The lowest BCUT2D eigenvalue weighted by atomic mass is 9.75. The van der Waals surface area contributed by atoms with Crippen LogP contribution in [0.5, 0.6) is 0 Å². The van der Waals surface area contributed by atoms with Crippen molar-refractivity contribution in [2.24, 2.45) is 17.6 Å². The fourth-order valence-corrected chi connectivity index (χ4v) is 3.58. The summed E-state index contributed by atoms with van der Waals surface area (Å²) in [5.41, 5.74) is 6.22. The Morgan fingerprint density at radius 3 is 2.85 bits per heavy atom. The molecule has 1 amide bonds. The Morgan fingerprint density at radius 1 is 1.30 bits per heavy atom. The summed E-state index contributed by atoms with van der Waals surface area (Å²) < 4.78 is 1.59. The Bertz CT molecular complexity index is 472. The third-order valence-electron chi connectivity index (χ3n) is 4.74. The van der Waals surface area contributed by atoms with Crippen LogP contribution >= 0.6 is 0 Å². The third-order valence-corrected chi connectivity index (χ3v) is 4.74. The number of fused-ring (bicyclic) bond motifs is 1. The second-order valence-corrected chi connectivity index (χ2v) is 6.04. The highest BCUT2D eigenvalue weighted by Gasteiger charge is 2.32. The van der Waals surface area contributed by atoms with Crippen LogP contribution in [0.15, 0.2) is 6.20 Å². The van der Waals surface area contributed by atoms with Crippen molar-refractivity contribution < 1.29 is 4.79 Å². The van der Waals surface area contributed by atoms with Crippen LogP contribution in [-0.4, -0.2) is 38.9 Å². The van der Waals surface area contributed by atoms with Gasteiger partial charge in [0, 0.05) is 19.6 Å². The maximum Gasteiger partial charge on any atom is 0.244 e. The summed E-state index contributed by atoms with van der Waals surface area (Å²) in [6.07, 6.45) is 8.26. The number of carbonyl (C=O) groups is 1. The molecule has 0 bridgehead atoms. The van der Waals surface area contributed by atoms with E-state index >= 15 is 0 Å². The zero-order chi connectivity index (χ0) is 13.9. The maximum atomic E-state index is 12.3. The molecule has 20 heavy (non-hydrogen) atoms. The number of piperidine rings is 1. The monoisotopic (exact) mass is 277 g/mol. The molecule has 1 aromatic heterocycles. The lowest BCUT2D eigenvalue weighted by molar-refractivity contribution is -0.135. The van der Waals surface area contributed by atoms with Gasteiger partial charge in [0.2, 0.25) is 5.91 Å². The Balaban J connectivity index is 1.57. The van der Waals surface area contributed by atoms with Crippen LogP contribution < -0.4 is 5.73 Å². The number of nitrogens with two attached hydrogens (primary N) is 1. The van der Waals surface area contributed by atoms with Crippen LogP contribution in [0.2, 0.25) is 0 Å². The lowest BCUT2D eigenvalue weighted by Gasteiger charge is -2.41. The van der Waals surface area contributed by atoms with Gasteiger partial charge in [0.15, 0.2) is 0 Å². The van der Waals surface area contributed by atoms with Crippen molar-refractivity contribution >= 4 is 5.91 Å². The van der Waals surface area contributed by atoms with Crippen molar-refractivity contribution in [2.45, 2.75) is 45.2 Å². The van der Waals surface area contributed by atoms with Gasteiger partial charge in [-0.05, 0) is 24.7 Å². The molecule has 0 radical (unpaired) electrons. The van der Waals surface area contributed by atoms with Crippen LogP contribution in [0, 0.1) is 11.8 Å². The van der Waals surface area contributed by atoms with Gasteiger partial charge in [0.1, 0.15) is 6.54 Å². The summed E-state index contributed by atoms with van der Waals surface area (Å²) in [6.45, 7) is 2.48. The molecule has 0 aromatic carbocycles. The van der Waals surface area contributed by atoms with Crippen LogP contribution in [-0.2, 0) is 17.9 Å². The topological polar surface area (TPSA) is 77.0 Å². The molecule has 2 unspecified atom stereocenters. The minimum atomic E-state index is 0.155. The quantitative estimate of drug-likeness (QED) is 0.885. The Hall–Kier alpha value is -1.43. The minimum absolute atomic E-state index is 0.155. The number of likely N-dealkylation sites (tertiary alicyclic amines) is 1. The molecule has 1 aromatic rings. The molecule has 1 saturated carbocycles. The summed E-state index contributed by atoms with van der Waals surface area (Å²) in [5, 5.41) is 7.86. The molecular formula is C14H23N5O. The first-order valence-corrected chi connectivity index (χ1v) is 7.63. The van der Waals surface area contributed by atoms with Crippen molar-refractivity contribution in [3.63, 3.8) is 0 Å². The number of carbonyl (C=O) groups excluding carboxylic acids is 1. The van der Waals surface area contributed by atoms with E-state index in [0.29, 0.717) is 6.54 Å². The highest BCUT2D eigenvalue weighted by Crippen LogP contribution is 2.36. The molecule has 2 heterocycles. The summed E-state index contributed by atoms with van der Waals surface area (Å²) in [7, 11) is 0. The van der Waals surface area contributed by atoms with Gasteiger partial charge in [0.05, 0.1) is 11.9 Å². The average Bonchev–Trinajstić information content (AvgIpc) is 2.94. The lowest BCUT2D eigenvalue weighted by Crippen LogP contribution is -2.45. The van der Waals surface area contributed by atoms with Crippen LogP contribution in [0.4, 0.5) is 0 Å². The molecule has 2 atom stereocenters. The molecule has 1 saturated heterocycles. The predicted molar refractivity (Wildman–Crippen MR) is 74.6 cm³/mol. The van der Waals surface area contributed by atoms with Crippen molar-refractivity contribution in [2.75, 3.05) is 13.1 Å².